The number of hydrogen-bond donors (Lipinski definition) is 4. The van der Waals surface area contributed by atoms with E-state index in [4.69, 9.17) is 10.5 Å². The first-order valence-electron chi connectivity index (χ1n) is 8.61. The summed E-state index contributed by atoms with van der Waals surface area (Å²) in [5, 5.41) is 19.0. The first-order chi connectivity index (χ1) is 12.6. The normalized spacial score (nSPS) is 9.15. The van der Waals surface area contributed by atoms with Crippen molar-refractivity contribution in [2.75, 3.05) is 13.6 Å². The lowest BCUT2D eigenvalue weighted by Crippen LogP contribution is -2.28. The Bertz CT molecular complexity index is 670. The molecule has 6 heteroatoms. The Morgan fingerprint density at radius 3 is 2.23 bits per heavy atom. The van der Waals surface area contributed by atoms with Crippen molar-refractivity contribution >= 4 is 11.6 Å². The van der Waals surface area contributed by atoms with Crippen molar-refractivity contribution in [3.63, 3.8) is 0 Å². The summed E-state index contributed by atoms with van der Waals surface area (Å²) in [6.07, 6.45) is 3.93. The number of nitrogens with zero attached hydrogens (tertiary/aromatic N) is 1. The largest absolute Gasteiger partial charge is 0.392 e. The average Bonchev–Trinajstić information content (AvgIpc) is 2.70. The summed E-state index contributed by atoms with van der Waals surface area (Å²) in [7, 11) is 1.50. The highest BCUT2D eigenvalue weighted by atomic mass is 16.3. The molecule has 0 bridgehead atoms. The highest BCUT2D eigenvalue weighted by Gasteiger charge is 2.07. The van der Waals surface area contributed by atoms with E-state index in [1.54, 1.807) is 13.1 Å². The molecule has 0 saturated carbocycles. The molecule has 0 aliphatic heterocycles. The Morgan fingerprint density at radius 2 is 1.69 bits per heavy atom. The Morgan fingerprint density at radius 1 is 1.12 bits per heavy atom. The van der Waals surface area contributed by atoms with Crippen molar-refractivity contribution in [3.8, 4) is 0 Å². The molecule has 2 aromatic rings. The summed E-state index contributed by atoms with van der Waals surface area (Å²) in [5.41, 5.74) is 8.30. The quantitative estimate of drug-likeness (QED) is 0.594. The van der Waals surface area contributed by atoms with Gasteiger partial charge in [-0.3, -0.25) is 9.78 Å². The molecule has 5 N–H and O–H groups in total. The smallest absolute Gasteiger partial charge is 0.253 e. The van der Waals surface area contributed by atoms with Gasteiger partial charge in [-0.15, -0.1) is 0 Å². The zero-order valence-corrected chi connectivity index (χ0v) is 16.0. The zero-order chi connectivity index (χ0) is 19.9. The van der Waals surface area contributed by atoms with Crippen molar-refractivity contribution in [3.05, 3.63) is 65.0 Å². The van der Waals surface area contributed by atoms with E-state index in [-0.39, 0.29) is 19.1 Å². The molecular weight excluding hydrogens is 328 g/mol. The van der Waals surface area contributed by atoms with Crippen LogP contribution in [0.5, 0.6) is 0 Å². The Hall–Kier alpha value is -2.57. The van der Waals surface area contributed by atoms with E-state index in [1.807, 2.05) is 44.2 Å². The number of aromatic nitrogens is 1. The fourth-order valence-electron chi connectivity index (χ4n) is 2.02. The molecule has 1 amide bonds. The molecule has 0 spiro atoms. The van der Waals surface area contributed by atoms with Gasteiger partial charge in [0.05, 0.1) is 18.7 Å². The van der Waals surface area contributed by atoms with E-state index in [9.17, 15) is 4.79 Å². The van der Waals surface area contributed by atoms with Gasteiger partial charge in [-0.1, -0.05) is 38.1 Å². The number of carbonyl (C=O) groups excluding carboxylic acids is 1. The monoisotopic (exact) mass is 358 g/mol. The van der Waals surface area contributed by atoms with Gasteiger partial charge < -0.3 is 21.6 Å². The van der Waals surface area contributed by atoms with Crippen LogP contribution in [0.4, 0.5) is 0 Å². The van der Waals surface area contributed by atoms with E-state index in [0.29, 0.717) is 17.7 Å². The Kier molecular flexibility index (Phi) is 12.3. The second kappa shape index (κ2) is 13.7. The van der Waals surface area contributed by atoms with Crippen LogP contribution in [0, 0.1) is 5.41 Å². The molecule has 0 saturated heterocycles. The molecular formula is C20H30N4O2. The number of rotatable bonds is 6. The highest BCUT2D eigenvalue weighted by molar-refractivity contribution is 5.96. The molecule has 0 aliphatic rings. The lowest BCUT2D eigenvalue weighted by Gasteiger charge is -2.07. The summed E-state index contributed by atoms with van der Waals surface area (Å²) < 4.78 is 0. The molecule has 0 radical (unpaired) electrons. The van der Waals surface area contributed by atoms with Gasteiger partial charge in [-0.05, 0) is 43.1 Å². The number of nitrogens with one attached hydrogen (secondary N) is 2. The Labute approximate surface area is 156 Å². The number of hydrogen-bond acceptors (Lipinski definition) is 5. The van der Waals surface area contributed by atoms with Crippen LogP contribution in [0.1, 0.15) is 47.8 Å². The first-order valence-corrected chi connectivity index (χ1v) is 8.61. The van der Waals surface area contributed by atoms with E-state index in [1.165, 1.54) is 13.2 Å². The summed E-state index contributed by atoms with van der Waals surface area (Å²) >= 11 is 0. The van der Waals surface area contributed by atoms with Gasteiger partial charge in [-0.2, -0.15) is 0 Å². The second-order valence-corrected chi connectivity index (χ2v) is 5.20. The van der Waals surface area contributed by atoms with Gasteiger partial charge in [0, 0.05) is 18.1 Å². The number of pyridine rings is 1. The number of aliphatic hydroxyl groups is 1. The molecule has 0 atom stereocenters. The summed E-state index contributed by atoms with van der Waals surface area (Å²) in [5.74, 6) is -0.225. The van der Waals surface area contributed by atoms with Gasteiger partial charge in [0.2, 0.25) is 0 Å². The number of aliphatic hydroxyl groups excluding tert-OH is 1. The third-order valence-corrected chi connectivity index (χ3v) is 3.18. The topological polar surface area (TPSA) is 112 Å². The van der Waals surface area contributed by atoms with Crippen LogP contribution in [0.3, 0.4) is 0 Å². The van der Waals surface area contributed by atoms with Crippen LogP contribution in [0.25, 0.3) is 0 Å². The maximum Gasteiger partial charge on any atom is 0.253 e. The third kappa shape index (κ3) is 8.50. The van der Waals surface area contributed by atoms with Gasteiger partial charge in [-0.25, -0.2) is 0 Å². The summed E-state index contributed by atoms with van der Waals surface area (Å²) in [6, 6.07) is 9.48. The molecule has 142 valence electrons. The molecule has 26 heavy (non-hydrogen) atoms. The predicted octanol–water partition coefficient (Wildman–Crippen LogP) is 2.54. The molecule has 2 rings (SSSR count). The molecule has 0 aliphatic carbocycles. The molecule has 0 fully saturated rings. The Balaban J connectivity index is 0.00000146. The molecule has 0 unspecified atom stereocenters. The molecule has 1 aromatic carbocycles. The number of nitrogens with two attached hydrogens (primary N) is 1. The minimum absolute atomic E-state index is 0.0317. The van der Waals surface area contributed by atoms with Crippen LogP contribution in [0.2, 0.25) is 0 Å². The van der Waals surface area contributed by atoms with E-state index in [0.717, 1.165) is 16.7 Å². The number of benzene rings is 1. The minimum Gasteiger partial charge on any atom is -0.392 e. The minimum atomic E-state index is -0.225. The average molecular weight is 358 g/mol. The number of carbonyl (C=O) groups is 1. The maximum atomic E-state index is 12.0. The lowest BCUT2D eigenvalue weighted by molar-refractivity contribution is 0.0958. The molecule has 1 heterocycles. The van der Waals surface area contributed by atoms with Crippen molar-refractivity contribution in [2.45, 2.75) is 33.8 Å². The molecule has 6 nitrogen and oxygen atoms in total. The van der Waals surface area contributed by atoms with Crippen molar-refractivity contribution in [2.24, 2.45) is 5.73 Å². The van der Waals surface area contributed by atoms with Gasteiger partial charge >= 0.3 is 0 Å². The van der Waals surface area contributed by atoms with E-state index in [2.05, 4.69) is 16.0 Å². The van der Waals surface area contributed by atoms with Crippen LogP contribution >= 0.6 is 0 Å². The van der Waals surface area contributed by atoms with Crippen LogP contribution in [0.15, 0.2) is 42.7 Å². The second-order valence-electron chi connectivity index (χ2n) is 5.20. The SMILES string of the molecule is CC.CC(=N)CNC(=O)c1cncc(Cc2ccc(CO)cc2)c1.CN. The van der Waals surface area contributed by atoms with Crippen LogP contribution < -0.4 is 11.1 Å². The van der Waals surface area contributed by atoms with E-state index >= 15 is 0 Å². The fourth-order valence-corrected chi connectivity index (χ4v) is 2.02. The molecule has 1 aromatic heterocycles. The van der Waals surface area contributed by atoms with Gasteiger partial charge in [0.25, 0.3) is 5.91 Å². The number of amides is 1. The van der Waals surface area contributed by atoms with E-state index < -0.39 is 0 Å². The maximum absolute atomic E-state index is 12.0. The first kappa shape index (κ1) is 23.4. The van der Waals surface area contributed by atoms with Crippen molar-refractivity contribution in [1.82, 2.24) is 10.3 Å². The van der Waals surface area contributed by atoms with Crippen molar-refractivity contribution in [1.29, 1.82) is 5.41 Å². The van der Waals surface area contributed by atoms with Crippen LogP contribution in [-0.4, -0.2) is 35.3 Å². The third-order valence-electron chi connectivity index (χ3n) is 3.18. The van der Waals surface area contributed by atoms with Gasteiger partial charge in [0.1, 0.15) is 0 Å². The zero-order valence-electron chi connectivity index (χ0n) is 16.0. The summed E-state index contributed by atoms with van der Waals surface area (Å²) in [4.78, 5) is 16.1. The van der Waals surface area contributed by atoms with Gasteiger partial charge in [0.15, 0.2) is 0 Å². The standard InChI is InChI=1S/C17H19N3O2.C2H6.CH5N/c1-12(18)8-20-17(22)16-7-15(9-19-10-16)6-13-2-4-14(11-21)5-3-13;2*1-2/h2-5,7,9-10,18,21H,6,8,11H2,1H3,(H,20,22);1-2H3;2H2,1H3. The highest BCUT2D eigenvalue weighted by Crippen LogP contribution is 2.12. The fraction of sp³-hybridized carbons (Fsp3) is 0.350. The van der Waals surface area contributed by atoms with Crippen molar-refractivity contribution < 1.29 is 9.90 Å². The predicted molar refractivity (Wildman–Crippen MR) is 107 cm³/mol. The lowest BCUT2D eigenvalue weighted by atomic mass is 10.0. The summed E-state index contributed by atoms with van der Waals surface area (Å²) in [6.45, 7) is 5.92. The van der Waals surface area contributed by atoms with Crippen LogP contribution in [-0.2, 0) is 13.0 Å².